The third-order valence-corrected chi connectivity index (χ3v) is 3.40. The number of amides is 1. The van der Waals surface area contributed by atoms with Crippen LogP contribution in [-0.4, -0.2) is 11.9 Å². The summed E-state index contributed by atoms with van der Waals surface area (Å²) in [6.45, 7) is 1.85. The van der Waals surface area contributed by atoms with Crippen LogP contribution in [0.15, 0.2) is 16.5 Å². The molecule has 1 aromatic rings. The van der Waals surface area contributed by atoms with Crippen molar-refractivity contribution in [2.24, 2.45) is 0 Å². The van der Waals surface area contributed by atoms with E-state index in [1.54, 1.807) is 6.07 Å². The first-order valence-corrected chi connectivity index (χ1v) is 6.63. The lowest BCUT2D eigenvalue weighted by molar-refractivity contribution is 0.0901. The van der Waals surface area contributed by atoms with Gasteiger partial charge in [-0.3, -0.25) is 4.79 Å². The van der Waals surface area contributed by atoms with Gasteiger partial charge in [-0.05, 0) is 31.9 Å². The molecular formula is C14H21NO2. The minimum atomic E-state index is -0.0660. The zero-order valence-electron chi connectivity index (χ0n) is 10.5. The van der Waals surface area contributed by atoms with Crippen LogP contribution in [0.5, 0.6) is 0 Å². The summed E-state index contributed by atoms with van der Waals surface area (Å²) in [6, 6.07) is 3.90. The molecule has 1 amide bonds. The van der Waals surface area contributed by atoms with Crippen LogP contribution in [-0.2, 0) is 0 Å². The van der Waals surface area contributed by atoms with Gasteiger partial charge in [0.05, 0.1) is 0 Å². The van der Waals surface area contributed by atoms with Crippen molar-refractivity contribution in [2.75, 3.05) is 0 Å². The normalized spacial score (nSPS) is 18.4. The van der Waals surface area contributed by atoms with Crippen LogP contribution in [0, 0.1) is 6.92 Å². The number of hydrogen-bond acceptors (Lipinski definition) is 2. The van der Waals surface area contributed by atoms with Crippen LogP contribution in [0.25, 0.3) is 0 Å². The van der Waals surface area contributed by atoms with E-state index < -0.39 is 0 Å². The maximum Gasteiger partial charge on any atom is 0.287 e. The van der Waals surface area contributed by atoms with Gasteiger partial charge >= 0.3 is 0 Å². The first kappa shape index (κ1) is 12.2. The van der Waals surface area contributed by atoms with Crippen molar-refractivity contribution >= 4 is 5.91 Å². The molecule has 0 radical (unpaired) electrons. The SMILES string of the molecule is Cc1ccc(C(=O)NC2CCCCCCC2)o1. The summed E-state index contributed by atoms with van der Waals surface area (Å²) >= 11 is 0. The number of rotatable bonds is 2. The Morgan fingerprint density at radius 2 is 1.82 bits per heavy atom. The first-order chi connectivity index (χ1) is 8.25. The highest BCUT2D eigenvalue weighted by Crippen LogP contribution is 2.17. The van der Waals surface area contributed by atoms with Crippen LogP contribution in [0.4, 0.5) is 0 Å². The van der Waals surface area contributed by atoms with Gasteiger partial charge in [0, 0.05) is 6.04 Å². The summed E-state index contributed by atoms with van der Waals surface area (Å²) in [5.41, 5.74) is 0. The zero-order valence-corrected chi connectivity index (χ0v) is 10.5. The van der Waals surface area contributed by atoms with Gasteiger partial charge in [-0.15, -0.1) is 0 Å². The molecule has 1 N–H and O–H groups in total. The van der Waals surface area contributed by atoms with Gasteiger partial charge in [0.25, 0.3) is 5.91 Å². The molecule has 17 heavy (non-hydrogen) atoms. The van der Waals surface area contributed by atoms with Crippen molar-refractivity contribution in [1.29, 1.82) is 0 Å². The minimum Gasteiger partial charge on any atom is -0.456 e. The lowest BCUT2D eigenvalue weighted by Crippen LogP contribution is -2.35. The average molecular weight is 235 g/mol. The molecule has 0 atom stereocenters. The summed E-state index contributed by atoms with van der Waals surface area (Å²) in [5.74, 6) is 1.15. The second-order valence-electron chi connectivity index (χ2n) is 4.93. The summed E-state index contributed by atoms with van der Waals surface area (Å²) in [4.78, 5) is 11.9. The van der Waals surface area contributed by atoms with Crippen LogP contribution in [0.2, 0.25) is 0 Å². The number of carbonyl (C=O) groups is 1. The van der Waals surface area contributed by atoms with Crippen molar-refractivity contribution in [3.05, 3.63) is 23.7 Å². The number of aryl methyl sites for hydroxylation is 1. The standard InChI is InChI=1S/C14H21NO2/c1-11-9-10-13(17-11)14(16)15-12-7-5-3-2-4-6-8-12/h9-10,12H,2-8H2,1H3,(H,15,16). The van der Waals surface area contributed by atoms with Crippen LogP contribution in [0.3, 0.4) is 0 Å². The molecule has 1 aliphatic rings. The van der Waals surface area contributed by atoms with Crippen molar-refractivity contribution in [3.63, 3.8) is 0 Å². The van der Waals surface area contributed by atoms with E-state index in [4.69, 9.17) is 4.42 Å². The number of carbonyl (C=O) groups excluding carboxylic acids is 1. The lowest BCUT2D eigenvalue weighted by Gasteiger charge is -2.20. The third kappa shape index (κ3) is 3.62. The first-order valence-electron chi connectivity index (χ1n) is 6.63. The lowest BCUT2D eigenvalue weighted by atomic mass is 9.97. The Morgan fingerprint density at radius 1 is 1.18 bits per heavy atom. The number of nitrogens with one attached hydrogen (secondary N) is 1. The highest BCUT2D eigenvalue weighted by atomic mass is 16.3. The van der Waals surface area contributed by atoms with E-state index in [9.17, 15) is 4.79 Å². The van der Waals surface area contributed by atoms with E-state index in [2.05, 4.69) is 5.32 Å². The van der Waals surface area contributed by atoms with Crippen LogP contribution in [0.1, 0.15) is 61.3 Å². The molecule has 1 heterocycles. The molecule has 94 valence electrons. The second-order valence-corrected chi connectivity index (χ2v) is 4.93. The Hall–Kier alpha value is -1.25. The molecule has 0 aliphatic heterocycles. The fourth-order valence-electron chi connectivity index (χ4n) is 2.41. The van der Waals surface area contributed by atoms with Gasteiger partial charge in [-0.1, -0.05) is 32.1 Å². The maximum atomic E-state index is 11.9. The molecule has 3 nitrogen and oxygen atoms in total. The third-order valence-electron chi connectivity index (χ3n) is 3.40. The Kier molecular flexibility index (Phi) is 4.24. The molecule has 1 aromatic heterocycles. The Balaban J connectivity index is 1.88. The van der Waals surface area contributed by atoms with Crippen molar-refractivity contribution in [3.8, 4) is 0 Å². The molecule has 0 unspecified atom stereocenters. The molecule has 0 aromatic carbocycles. The molecule has 1 saturated carbocycles. The van der Waals surface area contributed by atoms with E-state index in [-0.39, 0.29) is 5.91 Å². The van der Waals surface area contributed by atoms with Crippen molar-refractivity contribution in [2.45, 2.75) is 57.9 Å². The Morgan fingerprint density at radius 3 is 2.41 bits per heavy atom. The Bertz CT molecular complexity index is 362. The summed E-state index contributed by atoms with van der Waals surface area (Å²) < 4.78 is 5.33. The maximum absolute atomic E-state index is 11.9. The van der Waals surface area contributed by atoms with E-state index >= 15 is 0 Å². The van der Waals surface area contributed by atoms with Gasteiger partial charge in [-0.2, -0.15) is 0 Å². The molecule has 2 rings (SSSR count). The molecule has 1 aliphatic carbocycles. The molecule has 0 bridgehead atoms. The van der Waals surface area contributed by atoms with Crippen molar-refractivity contribution < 1.29 is 9.21 Å². The number of hydrogen-bond donors (Lipinski definition) is 1. The highest BCUT2D eigenvalue weighted by molar-refractivity contribution is 5.91. The predicted molar refractivity (Wildman–Crippen MR) is 67.0 cm³/mol. The van der Waals surface area contributed by atoms with Gasteiger partial charge in [0.15, 0.2) is 5.76 Å². The highest BCUT2D eigenvalue weighted by Gasteiger charge is 2.16. The summed E-state index contributed by atoms with van der Waals surface area (Å²) in [7, 11) is 0. The quantitative estimate of drug-likeness (QED) is 0.853. The smallest absolute Gasteiger partial charge is 0.287 e. The second kappa shape index (κ2) is 5.89. The van der Waals surface area contributed by atoms with E-state index in [1.165, 1.54) is 32.1 Å². The zero-order chi connectivity index (χ0) is 12.1. The number of furan rings is 1. The fraction of sp³-hybridized carbons (Fsp3) is 0.643. The van der Waals surface area contributed by atoms with Gasteiger partial charge in [0.1, 0.15) is 5.76 Å². The van der Waals surface area contributed by atoms with Crippen molar-refractivity contribution in [1.82, 2.24) is 5.32 Å². The average Bonchev–Trinajstić information content (AvgIpc) is 2.68. The minimum absolute atomic E-state index is 0.0660. The van der Waals surface area contributed by atoms with Gasteiger partial charge < -0.3 is 9.73 Å². The molecule has 1 fully saturated rings. The molecule has 0 spiro atoms. The largest absolute Gasteiger partial charge is 0.456 e. The van der Waals surface area contributed by atoms with E-state index in [0.29, 0.717) is 11.8 Å². The fourth-order valence-corrected chi connectivity index (χ4v) is 2.41. The monoisotopic (exact) mass is 235 g/mol. The van der Waals surface area contributed by atoms with Gasteiger partial charge in [0.2, 0.25) is 0 Å². The predicted octanol–water partition coefficient (Wildman–Crippen LogP) is 3.43. The Labute approximate surface area is 103 Å². The summed E-state index contributed by atoms with van der Waals surface area (Å²) in [5, 5.41) is 3.08. The van der Waals surface area contributed by atoms with E-state index in [0.717, 1.165) is 18.6 Å². The molecular weight excluding hydrogens is 214 g/mol. The topological polar surface area (TPSA) is 42.2 Å². The van der Waals surface area contributed by atoms with Crippen LogP contribution >= 0.6 is 0 Å². The van der Waals surface area contributed by atoms with E-state index in [1.807, 2.05) is 13.0 Å². The molecule has 0 saturated heterocycles. The molecule has 3 heteroatoms. The summed E-state index contributed by atoms with van der Waals surface area (Å²) in [6.07, 6.45) is 8.59. The van der Waals surface area contributed by atoms with Gasteiger partial charge in [-0.25, -0.2) is 0 Å². The van der Waals surface area contributed by atoms with Crippen LogP contribution < -0.4 is 5.32 Å².